The van der Waals surface area contributed by atoms with E-state index in [0.717, 1.165) is 17.5 Å². The SMILES string of the molecule is CCNC(=O)c1cnc2cc(NC(=O)c3ccccc3-c3ccc(C(F)(F)F)cc3)ccc2c1.CCS(=O)(=O)O. The molecular formula is C28H26F3N3O5S. The number of benzene rings is 3. The number of nitrogens with one attached hydrogen (secondary N) is 2. The Morgan fingerprint density at radius 3 is 2.17 bits per heavy atom. The second-order valence-electron chi connectivity index (χ2n) is 8.44. The van der Waals surface area contributed by atoms with Gasteiger partial charge in [-0.25, -0.2) is 0 Å². The number of hydrogen-bond acceptors (Lipinski definition) is 5. The Morgan fingerprint density at radius 2 is 1.57 bits per heavy atom. The van der Waals surface area contributed by atoms with E-state index in [2.05, 4.69) is 15.6 Å². The fourth-order valence-electron chi connectivity index (χ4n) is 3.56. The van der Waals surface area contributed by atoms with Crippen LogP contribution in [-0.4, -0.2) is 42.1 Å². The van der Waals surface area contributed by atoms with Crippen molar-refractivity contribution in [3.63, 3.8) is 0 Å². The molecule has 1 heterocycles. The quantitative estimate of drug-likeness (QED) is 0.250. The first kappa shape index (κ1) is 30.3. The molecule has 1 aromatic heterocycles. The van der Waals surface area contributed by atoms with Gasteiger partial charge in [0.2, 0.25) is 0 Å². The van der Waals surface area contributed by atoms with Crippen LogP contribution in [0.25, 0.3) is 22.0 Å². The Balaban J connectivity index is 0.000000663. The number of hydrogen-bond donors (Lipinski definition) is 3. The predicted octanol–water partition coefficient (Wildman–Crippen LogP) is 5.82. The molecule has 0 aliphatic rings. The zero-order valence-electron chi connectivity index (χ0n) is 21.5. The van der Waals surface area contributed by atoms with Crippen molar-refractivity contribution in [3.05, 3.63) is 95.7 Å². The van der Waals surface area contributed by atoms with Crippen molar-refractivity contribution in [2.24, 2.45) is 0 Å². The third kappa shape index (κ3) is 8.10. The van der Waals surface area contributed by atoms with Crippen LogP contribution in [0.5, 0.6) is 0 Å². The molecule has 3 aromatic carbocycles. The Bertz CT molecular complexity index is 1620. The second kappa shape index (κ2) is 12.7. The smallest absolute Gasteiger partial charge is 0.352 e. The summed E-state index contributed by atoms with van der Waals surface area (Å²) in [6.07, 6.45) is -2.96. The number of alkyl halides is 3. The van der Waals surface area contributed by atoms with Gasteiger partial charge in [0.1, 0.15) is 0 Å². The van der Waals surface area contributed by atoms with Crippen LogP contribution in [-0.2, 0) is 16.3 Å². The highest BCUT2D eigenvalue weighted by Gasteiger charge is 2.30. The zero-order chi connectivity index (χ0) is 29.5. The molecule has 210 valence electrons. The van der Waals surface area contributed by atoms with Crippen molar-refractivity contribution in [1.29, 1.82) is 0 Å². The van der Waals surface area contributed by atoms with E-state index in [1.54, 1.807) is 48.5 Å². The molecule has 3 N–H and O–H groups in total. The number of rotatable bonds is 6. The maximum Gasteiger partial charge on any atom is 0.416 e. The van der Waals surface area contributed by atoms with Crippen LogP contribution in [0, 0.1) is 0 Å². The largest absolute Gasteiger partial charge is 0.416 e. The van der Waals surface area contributed by atoms with E-state index in [1.165, 1.54) is 25.3 Å². The lowest BCUT2D eigenvalue weighted by Crippen LogP contribution is -2.22. The molecule has 0 saturated heterocycles. The van der Waals surface area contributed by atoms with E-state index < -0.39 is 27.8 Å². The first-order valence-corrected chi connectivity index (χ1v) is 13.6. The molecule has 4 rings (SSSR count). The maximum absolute atomic E-state index is 13.0. The zero-order valence-corrected chi connectivity index (χ0v) is 22.3. The fraction of sp³-hybridized carbons (Fsp3) is 0.179. The van der Waals surface area contributed by atoms with Crippen LogP contribution in [0.2, 0.25) is 0 Å². The number of pyridine rings is 1. The Morgan fingerprint density at radius 1 is 0.925 bits per heavy atom. The van der Waals surface area contributed by atoms with Gasteiger partial charge >= 0.3 is 6.18 Å². The van der Waals surface area contributed by atoms with Gasteiger partial charge in [0.25, 0.3) is 21.9 Å². The fourth-order valence-corrected chi connectivity index (χ4v) is 3.56. The van der Waals surface area contributed by atoms with E-state index in [4.69, 9.17) is 4.55 Å². The molecule has 0 spiro atoms. The normalized spacial score (nSPS) is 11.3. The van der Waals surface area contributed by atoms with Gasteiger partial charge in [0.15, 0.2) is 0 Å². The summed E-state index contributed by atoms with van der Waals surface area (Å²) in [5.74, 6) is -0.824. The van der Waals surface area contributed by atoms with Crippen molar-refractivity contribution in [1.82, 2.24) is 10.3 Å². The van der Waals surface area contributed by atoms with Crippen LogP contribution in [0.15, 0.2) is 79.0 Å². The molecule has 0 unspecified atom stereocenters. The molecule has 8 nitrogen and oxygen atoms in total. The van der Waals surface area contributed by atoms with Crippen molar-refractivity contribution >= 4 is 38.5 Å². The summed E-state index contributed by atoms with van der Waals surface area (Å²) < 4.78 is 65.6. The molecule has 0 bridgehead atoms. The van der Waals surface area contributed by atoms with Crippen molar-refractivity contribution < 1.29 is 35.7 Å². The lowest BCUT2D eigenvalue weighted by Gasteiger charge is -2.12. The molecule has 0 fully saturated rings. The monoisotopic (exact) mass is 573 g/mol. The molecule has 0 saturated carbocycles. The molecule has 0 radical (unpaired) electrons. The lowest BCUT2D eigenvalue weighted by molar-refractivity contribution is -0.137. The van der Waals surface area contributed by atoms with Gasteiger partial charge in [-0.3, -0.25) is 19.1 Å². The summed E-state index contributed by atoms with van der Waals surface area (Å²) >= 11 is 0. The van der Waals surface area contributed by atoms with Crippen LogP contribution >= 0.6 is 0 Å². The third-order valence-corrected chi connectivity index (χ3v) is 6.33. The van der Waals surface area contributed by atoms with Gasteiger partial charge in [-0.15, -0.1) is 0 Å². The highest BCUT2D eigenvalue weighted by molar-refractivity contribution is 7.85. The van der Waals surface area contributed by atoms with Crippen LogP contribution in [0.1, 0.15) is 40.1 Å². The van der Waals surface area contributed by atoms with Crippen molar-refractivity contribution in [3.8, 4) is 11.1 Å². The van der Waals surface area contributed by atoms with Gasteiger partial charge in [-0.1, -0.05) is 36.4 Å². The topological polar surface area (TPSA) is 125 Å². The van der Waals surface area contributed by atoms with Crippen molar-refractivity contribution in [2.75, 3.05) is 17.6 Å². The highest BCUT2D eigenvalue weighted by atomic mass is 32.2. The Kier molecular flexibility index (Phi) is 9.61. The average Bonchev–Trinajstić information content (AvgIpc) is 2.92. The van der Waals surface area contributed by atoms with E-state index in [9.17, 15) is 31.2 Å². The highest BCUT2D eigenvalue weighted by Crippen LogP contribution is 2.32. The maximum atomic E-state index is 13.0. The molecule has 40 heavy (non-hydrogen) atoms. The molecule has 0 aliphatic heterocycles. The number of aromatic nitrogens is 1. The Hall–Kier alpha value is -4.29. The van der Waals surface area contributed by atoms with Gasteiger partial charge in [0, 0.05) is 29.4 Å². The number of carbonyl (C=O) groups excluding carboxylic acids is 2. The van der Waals surface area contributed by atoms with E-state index in [0.29, 0.717) is 40.0 Å². The number of amides is 2. The minimum Gasteiger partial charge on any atom is -0.352 e. The van der Waals surface area contributed by atoms with Crippen LogP contribution in [0.3, 0.4) is 0 Å². The predicted molar refractivity (Wildman–Crippen MR) is 147 cm³/mol. The summed E-state index contributed by atoms with van der Waals surface area (Å²) in [6, 6.07) is 18.2. The standard InChI is InChI=1S/C26H20F3N3O2.C2H6O3S/c1-2-30-24(33)18-13-17-9-12-20(14-23(17)31-15-18)32-25(34)22-6-4-3-5-21(22)16-7-10-19(11-8-16)26(27,28)29;1-2-6(3,4)5/h3-15H,2H2,1H3,(H,30,33)(H,32,34);2H2,1H3,(H,3,4,5). The number of fused-ring (bicyclic) bond motifs is 1. The number of carbonyl (C=O) groups is 2. The van der Waals surface area contributed by atoms with E-state index >= 15 is 0 Å². The van der Waals surface area contributed by atoms with Crippen molar-refractivity contribution in [2.45, 2.75) is 20.0 Å². The van der Waals surface area contributed by atoms with Crippen LogP contribution < -0.4 is 10.6 Å². The first-order chi connectivity index (χ1) is 18.8. The second-order valence-corrected chi connectivity index (χ2v) is 10.2. The average molecular weight is 574 g/mol. The number of anilines is 1. The Labute approximate surface area is 229 Å². The first-order valence-electron chi connectivity index (χ1n) is 12.0. The molecule has 4 aromatic rings. The van der Waals surface area contributed by atoms with E-state index in [1.807, 2.05) is 6.92 Å². The van der Waals surface area contributed by atoms with Gasteiger partial charge in [-0.2, -0.15) is 21.6 Å². The summed E-state index contributed by atoms with van der Waals surface area (Å²) in [4.78, 5) is 29.3. The third-order valence-electron chi connectivity index (χ3n) is 5.60. The van der Waals surface area contributed by atoms with Gasteiger partial charge in [0.05, 0.1) is 22.4 Å². The summed E-state index contributed by atoms with van der Waals surface area (Å²) in [6.45, 7) is 3.71. The molecule has 2 amide bonds. The molecule has 12 heteroatoms. The number of halogens is 3. The molecule has 0 atom stereocenters. The molecule has 0 aliphatic carbocycles. The van der Waals surface area contributed by atoms with Crippen LogP contribution in [0.4, 0.5) is 18.9 Å². The summed E-state index contributed by atoms with van der Waals surface area (Å²) in [5.41, 5.74) is 2.12. The summed E-state index contributed by atoms with van der Waals surface area (Å²) in [7, 11) is -3.66. The molecular weight excluding hydrogens is 547 g/mol. The minimum atomic E-state index is -4.43. The van der Waals surface area contributed by atoms with Gasteiger partial charge < -0.3 is 10.6 Å². The summed E-state index contributed by atoms with van der Waals surface area (Å²) in [5, 5.41) is 6.28. The van der Waals surface area contributed by atoms with Gasteiger partial charge in [-0.05, 0) is 61.4 Å². The lowest BCUT2D eigenvalue weighted by atomic mass is 9.98. The number of nitrogens with zero attached hydrogens (tertiary/aromatic N) is 1. The van der Waals surface area contributed by atoms with E-state index in [-0.39, 0.29) is 11.7 Å². The minimum absolute atomic E-state index is 0.201.